The Hall–Kier alpha value is -0.170. The second-order valence-corrected chi connectivity index (χ2v) is 4.71. The van der Waals surface area contributed by atoms with Crippen LogP contribution in [0, 0.1) is 0 Å². The smallest absolute Gasteiger partial charge is 0.280 e. The van der Waals surface area contributed by atoms with E-state index in [4.69, 9.17) is 5.73 Å². The lowest BCUT2D eigenvalue weighted by molar-refractivity contribution is 0.256. The van der Waals surface area contributed by atoms with Crippen LogP contribution in [0.15, 0.2) is 0 Å². The Bertz CT molecular complexity index is 239. The molecule has 1 heterocycles. The first-order valence-corrected chi connectivity index (χ1v) is 5.48. The zero-order chi connectivity index (χ0) is 9.19. The summed E-state index contributed by atoms with van der Waals surface area (Å²) in [5.74, 6) is 0. The molecule has 0 aromatic carbocycles. The molecule has 0 aromatic rings. The number of nitrogens with two attached hydrogens (primary N) is 1. The SMILES string of the molecule is CNS(=O)(=O)N1CCCCC1N. The van der Waals surface area contributed by atoms with Crippen molar-refractivity contribution in [3.63, 3.8) is 0 Å². The van der Waals surface area contributed by atoms with Crippen molar-refractivity contribution in [2.24, 2.45) is 5.73 Å². The summed E-state index contributed by atoms with van der Waals surface area (Å²) >= 11 is 0. The predicted octanol–water partition coefficient (Wildman–Crippen LogP) is -0.779. The minimum Gasteiger partial charge on any atom is -0.315 e. The molecular weight excluding hydrogens is 178 g/mol. The van der Waals surface area contributed by atoms with E-state index in [1.165, 1.54) is 11.4 Å². The quantitative estimate of drug-likeness (QED) is 0.604. The molecule has 0 bridgehead atoms. The Kier molecular flexibility index (Phi) is 3.05. The van der Waals surface area contributed by atoms with Gasteiger partial charge in [-0.15, -0.1) is 0 Å². The van der Waals surface area contributed by atoms with Crippen LogP contribution in [0.4, 0.5) is 0 Å². The van der Waals surface area contributed by atoms with Gasteiger partial charge in [-0.25, -0.2) is 4.72 Å². The second kappa shape index (κ2) is 3.69. The molecule has 0 spiro atoms. The van der Waals surface area contributed by atoms with Crippen molar-refractivity contribution in [1.29, 1.82) is 0 Å². The van der Waals surface area contributed by atoms with Gasteiger partial charge in [0.25, 0.3) is 10.2 Å². The Morgan fingerprint density at radius 1 is 1.50 bits per heavy atom. The molecule has 1 aliphatic rings. The van der Waals surface area contributed by atoms with Gasteiger partial charge in [0, 0.05) is 13.6 Å². The van der Waals surface area contributed by atoms with E-state index in [9.17, 15) is 8.42 Å². The maximum Gasteiger partial charge on any atom is 0.280 e. The average molecular weight is 193 g/mol. The van der Waals surface area contributed by atoms with Gasteiger partial charge in [0.05, 0.1) is 6.17 Å². The van der Waals surface area contributed by atoms with E-state index in [1.807, 2.05) is 0 Å². The van der Waals surface area contributed by atoms with Gasteiger partial charge in [0.1, 0.15) is 0 Å². The Labute approximate surface area is 73.1 Å². The summed E-state index contributed by atoms with van der Waals surface area (Å²) in [4.78, 5) is 0. The highest BCUT2D eigenvalue weighted by atomic mass is 32.2. The normalized spacial score (nSPS) is 27.3. The third-order valence-electron chi connectivity index (χ3n) is 2.06. The molecule has 1 unspecified atom stereocenters. The van der Waals surface area contributed by atoms with E-state index in [1.54, 1.807) is 0 Å². The Morgan fingerprint density at radius 2 is 2.17 bits per heavy atom. The molecule has 12 heavy (non-hydrogen) atoms. The molecule has 0 aliphatic carbocycles. The summed E-state index contributed by atoms with van der Waals surface area (Å²) in [7, 11) is -1.91. The first kappa shape index (κ1) is 9.91. The van der Waals surface area contributed by atoms with Gasteiger partial charge >= 0.3 is 0 Å². The summed E-state index contributed by atoms with van der Waals surface area (Å²) in [5.41, 5.74) is 5.65. The topological polar surface area (TPSA) is 75.4 Å². The van der Waals surface area contributed by atoms with Crippen LogP contribution in [0.5, 0.6) is 0 Å². The van der Waals surface area contributed by atoms with Crippen LogP contribution in [-0.2, 0) is 10.2 Å². The van der Waals surface area contributed by atoms with E-state index in [0.29, 0.717) is 6.54 Å². The van der Waals surface area contributed by atoms with Crippen LogP contribution < -0.4 is 10.5 Å². The minimum absolute atomic E-state index is 0.351. The number of piperidine rings is 1. The number of rotatable bonds is 2. The maximum absolute atomic E-state index is 11.3. The molecule has 1 rings (SSSR count). The highest BCUT2D eigenvalue weighted by molar-refractivity contribution is 7.87. The lowest BCUT2D eigenvalue weighted by atomic mass is 10.1. The molecule has 0 amide bonds. The fraction of sp³-hybridized carbons (Fsp3) is 1.00. The third-order valence-corrected chi connectivity index (χ3v) is 3.65. The monoisotopic (exact) mass is 193 g/mol. The van der Waals surface area contributed by atoms with Crippen LogP contribution in [-0.4, -0.2) is 32.5 Å². The summed E-state index contributed by atoms with van der Waals surface area (Å²) in [6, 6.07) is 0. The molecule has 1 saturated heterocycles. The van der Waals surface area contributed by atoms with Crippen molar-refractivity contribution in [2.75, 3.05) is 13.6 Å². The summed E-state index contributed by atoms with van der Waals surface area (Å²) < 4.78 is 26.2. The number of nitrogens with one attached hydrogen (secondary N) is 1. The fourth-order valence-electron chi connectivity index (χ4n) is 1.35. The van der Waals surface area contributed by atoms with E-state index in [0.717, 1.165) is 19.3 Å². The summed E-state index contributed by atoms with van der Waals surface area (Å²) in [6.45, 7) is 0.532. The van der Waals surface area contributed by atoms with Crippen molar-refractivity contribution in [1.82, 2.24) is 9.03 Å². The van der Waals surface area contributed by atoms with E-state index >= 15 is 0 Å². The molecule has 72 valence electrons. The molecule has 0 saturated carbocycles. The highest BCUT2D eigenvalue weighted by Crippen LogP contribution is 2.15. The summed E-state index contributed by atoms with van der Waals surface area (Å²) in [6.07, 6.45) is 2.31. The number of hydrogen-bond donors (Lipinski definition) is 2. The Morgan fingerprint density at radius 3 is 2.67 bits per heavy atom. The van der Waals surface area contributed by atoms with Crippen molar-refractivity contribution in [3.05, 3.63) is 0 Å². The zero-order valence-corrected chi connectivity index (χ0v) is 7.97. The van der Waals surface area contributed by atoms with Gasteiger partial charge in [-0.3, -0.25) is 0 Å². The standard InChI is InChI=1S/C6H15N3O2S/c1-8-12(10,11)9-5-3-2-4-6(9)7/h6,8H,2-5,7H2,1H3. The second-order valence-electron chi connectivity index (χ2n) is 2.88. The maximum atomic E-state index is 11.3. The first-order valence-electron chi connectivity index (χ1n) is 4.04. The van der Waals surface area contributed by atoms with Crippen molar-refractivity contribution in [2.45, 2.75) is 25.4 Å². The average Bonchev–Trinajstić information content (AvgIpc) is 2.05. The Balaban J connectivity index is 2.72. The largest absolute Gasteiger partial charge is 0.315 e. The van der Waals surface area contributed by atoms with Crippen LogP contribution in [0.2, 0.25) is 0 Å². The molecule has 6 heteroatoms. The van der Waals surface area contributed by atoms with Crippen molar-refractivity contribution >= 4 is 10.2 Å². The number of nitrogens with zero attached hydrogens (tertiary/aromatic N) is 1. The van der Waals surface area contributed by atoms with Gasteiger partial charge in [-0.1, -0.05) is 0 Å². The van der Waals surface area contributed by atoms with E-state index in [-0.39, 0.29) is 6.17 Å². The molecule has 0 aromatic heterocycles. The van der Waals surface area contributed by atoms with Gasteiger partial charge < -0.3 is 5.73 Å². The molecule has 1 atom stereocenters. The fourth-order valence-corrected chi connectivity index (χ4v) is 2.41. The molecule has 5 nitrogen and oxygen atoms in total. The van der Waals surface area contributed by atoms with Crippen LogP contribution in [0.25, 0.3) is 0 Å². The van der Waals surface area contributed by atoms with E-state index in [2.05, 4.69) is 4.72 Å². The van der Waals surface area contributed by atoms with E-state index < -0.39 is 10.2 Å². The van der Waals surface area contributed by atoms with Crippen molar-refractivity contribution < 1.29 is 8.42 Å². The zero-order valence-electron chi connectivity index (χ0n) is 7.16. The minimum atomic E-state index is -3.31. The number of hydrogen-bond acceptors (Lipinski definition) is 3. The van der Waals surface area contributed by atoms with Gasteiger partial charge in [-0.05, 0) is 19.3 Å². The molecule has 1 aliphatic heterocycles. The third kappa shape index (κ3) is 1.95. The van der Waals surface area contributed by atoms with Crippen LogP contribution in [0.1, 0.15) is 19.3 Å². The van der Waals surface area contributed by atoms with Gasteiger partial charge in [0.15, 0.2) is 0 Å². The van der Waals surface area contributed by atoms with Crippen LogP contribution in [0.3, 0.4) is 0 Å². The molecular formula is C6H15N3O2S. The lowest BCUT2D eigenvalue weighted by Crippen LogP contribution is -2.51. The highest BCUT2D eigenvalue weighted by Gasteiger charge is 2.28. The lowest BCUT2D eigenvalue weighted by Gasteiger charge is -2.31. The van der Waals surface area contributed by atoms with Gasteiger partial charge in [-0.2, -0.15) is 12.7 Å². The first-order chi connectivity index (χ1) is 5.58. The molecule has 3 N–H and O–H groups in total. The summed E-state index contributed by atoms with van der Waals surface area (Å²) in [5, 5.41) is 0. The van der Waals surface area contributed by atoms with Gasteiger partial charge in [0.2, 0.25) is 0 Å². The predicted molar refractivity (Wildman–Crippen MR) is 46.5 cm³/mol. The van der Waals surface area contributed by atoms with Crippen molar-refractivity contribution in [3.8, 4) is 0 Å². The van der Waals surface area contributed by atoms with Crippen LogP contribution >= 0.6 is 0 Å². The molecule has 0 radical (unpaired) electrons. The molecule has 1 fully saturated rings.